The Kier molecular flexibility index (Phi) is 6.08. The van der Waals surface area contributed by atoms with E-state index in [1.54, 1.807) is 20.4 Å². The second-order valence-electron chi connectivity index (χ2n) is 7.07. The van der Waals surface area contributed by atoms with Crippen LogP contribution in [0.25, 0.3) is 11.1 Å². The highest BCUT2D eigenvalue weighted by Crippen LogP contribution is 2.22. The maximum Gasteiger partial charge on any atom is 0.251 e. The quantitative estimate of drug-likeness (QED) is 0.848. The number of likely N-dealkylation sites (tertiary alicyclic amines) is 1. The molecule has 144 valence electrons. The molecule has 27 heavy (non-hydrogen) atoms. The maximum absolute atomic E-state index is 12.8. The van der Waals surface area contributed by atoms with Crippen molar-refractivity contribution in [2.45, 2.75) is 32.0 Å². The number of ether oxygens (including phenoxy) is 2. The number of nitrogens with one attached hydrogen (secondary N) is 1. The molecule has 1 aromatic carbocycles. The Balaban J connectivity index is 1.73. The van der Waals surface area contributed by atoms with Crippen molar-refractivity contribution in [3.05, 3.63) is 48.2 Å². The Morgan fingerprint density at radius 3 is 2.63 bits per heavy atom. The first-order valence-corrected chi connectivity index (χ1v) is 9.20. The van der Waals surface area contributed by atoms with Crippen LogP contribution in [0.1, 0.15) is 24.2 Å². The molecule has 1 aromatic heterocycles. The van der Waals surface area contributed by atoms with Crippen LogP contribution in [0.3, 0.4) is 0 Å². The fourth-order valence-electron chi connectivity index (χ4n) is 3.37. The molecule has 0 radical (unpaired) electrons. The molecule has 1 N–H and O–H groups in total. The first-order valence-electron chi connectivity index (χ1n) is 9.20. The lowest BCUT2D eigenvalue weighted by Crippen LogP contribution is -2.43. The van der Waals surface area contributed by atoms with Crippen molar-refractivity contribution in [1.29, 1.82) is 0 Å². The van der Waals surface area contributed by atoms with Gasteiger partial charge in [0.25, 0.3) is 5.91 Å². The Morgan fingerprint density at radius 2 is 2.00 bits per heavy atom. The highest BCUT2D eigenvalue weighted by molar-refractivity contribution is 5.95. The van der Waals surface area contributed by atoms with E-state index >= 15 is 0 Å². The number of pyridine rings is 1. The summed E-state index contributed by atoms with van der Waals surface area (Å²) in [6.45, 7) is 5.94. The van der Waals surface area contributed by atoms with E-state index in [1.807, 2.05) is 36.4 Å². The summed E-state index contributed by atoms with van der Waals surface area (Å²) in [5.74, 6) is 0.477. The molecule has 1 amide bonds. The molecule has 2 heterocycles. The third-order valence-corrected chi connectivity index (χ3v) is 5.05. The molecular formula is C21H27N3O3. The molecule has 0 aliphatic carbocycles. The number of carbonyl (C=O) groups is 1. The fourth-order valence-corrected chi connectivity index (χ4v) is 3.37. The molecule has 0 bridgehead atoms. The lowest BCUT2D eigenvalue weighted by Gasteiger charge is -2.20. The summed E-state index contributed by atoms with van der Waals surface area (Å²) in [5, 5.41) is 3.14. The minimum atomic E-state index is -0.0871. The topological polar surface area (TPSA) is 63.7 Å². The summed E-state index contributed by atoms with van der Waals surface area (Å²) in [4.78, 5) is 19.4. The van der Waals surface area contributed by atoms with Gasteiger partial charge in [0, 0.05) is 49.6 Å². The van der Waals surface area contributed by atoms with Gasteiger partial charge >= 0.3 is 0 Å². The van der Waals surface area contributed by atoms with Gasteiger partial charge in [-0.2, -0.15) is 0 Å². The molecule has 0 spiro atoms. The number of amides is 1. The van der Waals surface area contributed by atoms with Gasteiger partial charge in [-0.3, -0.25) is 9.69 Å². The monoisotopic (exact) mass is 369 g/mol. The van der Waals surface area contributed by atoms with E-state index in [9.17, 15) is 4.79 Å². The average Bonchev–Trinajstić information content (AvgIpc) is 3.11. The number of carbonyl (C=O) groups excluding carboxylic acids is 1. The summed E-state index contributed by atoms with van der Waals surface area (Å²) >= 11 is 0. The SMILES string of the molecule is COc1ccc(-c2cccc(C(=O)NC3CN(C(C)C)CC3OC)c2)cn1. The number of methoxy groups -OCH3 is 2. The van der Waals surface area contributed by atoms with Gasteiger partial charge < -0.3 is 14.8 Å². The standard InChI is InChI=1S/C21H27N3O3/c1-14(2)24-12-18(19(13-24)26-3)23-21(25)16-7-5-6-15(10-16)17-8-9-20(27-4)22-11-17/h5-11,14,18-19H,12-13H2,1-4H3,(H,23,25). The Labute approximate surface area is 160 Å². The first kappa shape index (κ1) is 19.3. The van der Waals surface area contributed by atoms with Crippen molar-refractivity contribution in [2.24, 2.45) is 0 Å². The van der Waals surface area contributed by atoms with Crippen LogP contribution in [0, 0.1) is 0 Å². The van der Waals surface area contributed by atoms with Crippen LogP contribution in [-0.4, -0.2) is 61.3 Å². The number of aromatic nitrogens is 1. The van der Waals surface area contributed by atoms with Gasteiger partial charge in [-0.1, -0.05) is 12.1 Å². The van der Waals surface area contributed by atoms with E-state index in [4.69, 9.17) is 9.47 Å². The highest BCUT2D eigenvalue weighted by atomic mass is 16.5. The van der Waals surface area contributed by atoms with Crippen LogP contribution in [0.5, 0.6) is 5.88 Å². The van der Waals surface area contributed by atoms with Crippen molar-refractivity contribution in [3.63, 3.8) is 0 Å². The number of hydrogen-bond acceptors (Lipinski definition) is 5. The van der Waals surface area contributed by atoms with Gasteiger partial charge in [0.15, 0.2) is 0 Å². The first-order chi connectivity index (χ1) is 13.0. The van der Waals surface area contributed by atoms with E-state index in [2.05, 4.69) is 29.0 Å². The third-order valence-electron chi connectivity index (χ3n) is 5.05. The molecule has 2 atom stereocenters. The van der Waals surface area contributed by atoms with Crippen molar-refractivity contribution < 1.29 is 14.3 Å². The van der Waals surface area contributed by atoms with Crippen LogP contribution in [0.15, 0.2) is 42.6 Å². The van der Waals surface area contributed by atoms with Gasteiger partial charge in [-0.05, 0) is 37.6 Å². The van der Waals surface area contributed by atoms with Gasteiger partial charge in [-0.15, -0.1) is 0 Å². The molecule has 2 unspecified atom stereocenters. The van der Waals surface area contributed by atoms with Crippen LogP contribution >= 0.6 is 0 Å². The van der Waals surface area contributed by atoms with Gasteiger partial charge in [0.2, 0.25) is 5.88 Å². The normalized spacial score (nSPS) is 20.0. The second kappa shape index (κ2) is 8.50. The van der Waals surface area contributed by atoms with Crippen molar-refractivity contribution in [1.82, 2.24) is 15.2 Å². The predicted molar refractivity (Wildman–Crippen MR) is 105 cm³/mol. The Bertz CT molecular complexity index is 776. The fraction of sp³-hybridized carbons (Fsp3) is 0.429. The molecular weight excluding hydrogens is 342 g/mol. The molecule has 1 fully saturated rings. The zero-order chi connectivity index (χ0) is 19.4. The largest absolute Gasteiger partial charge is 0.481 e. The molecule has 0 saturated carbocycles. The number of nitrogens with zero attached hydrogens (tertiary/aromatic N) is 2. The van der Waals surface area contributed by atoms with E-state index in [1.165, 1.54) is 0 Å². The summed E-state index contributed by atoms with van der Waals surface area (Å²) in [6.07, 6.45) is 1.75. The zero-order valence-corrected chi connectivity index (χ0v) is 16.3. The lowest BCUT2D eigenvalue weighted by atomic mass is 10.0. The molecule has 1 aliphatic rings. The van der Waals surface area contributed by atoms with E-state index in [-0.39, 0.29) is 18.1 Å². The number of rotatable bonds is 6. The lowest BCUT2D eigenvalue weighted by molar-refractivity contribution is 0.0753. The summed E-state index contributed by atoms with van der Waals surface area (Å²) in [5.41, 5.74) is 2.50. The zero-order valence-electron chi connectivity index (χ0n) is 16.3. The Morgan fingerprint density at radius 1 is 1.19 bits per heavy atom. The van der Waals surface area contributed by atoms with Crippen molar-refractivity contribution in [2.75, 3.05) is 27.3 Å². The summed E-state index contributed by atoms with van der Waals surface area (Å²) in [7, 11) is 3.29. The van der Waals surface area contributed by atoms with E-state index in [0.717, 1.165) is 24.2 Å². The minimum absolute atomic E-state index is 0.00493. The summed E-state index contributed by atoms with van der Waals surface area (Å²) in [6, 6.07) is 11.7. The minimum Gasteiger partial charge on any atom is -0.481 e. The maximum atomic E-state index is 12.8. The second-order valence-corrected chi connectivity index (χ2v) is 7.07. The Hall–Kier alpha value is -2.44. The molecule has 6 nitrogen and oxygen atoms in total. The molecule has 6 heteroatoms. The average molecular weight is 369 g/mol. The van der Waals surface area contributed by atoms with Crippen LogP contribution in [-0.2, 0) is 4.74 Å². The molecule has 1 saturated heterocycles. The van der Waals surface area contributed by atoms with E-state index < -0.39 is 0 Å². The highest BCUT2D eigenvalue weighted by Gasteiger charge is 2.35. The molecule has 1 aliphatic heterocycles. The van der Waals surface area contributed by atoms with E-state index in [0.29, 0.717) is 17.5 Å². The van der Waals surface area contributed by atoms with Gasteiger partial charge in [-0.25, -0.2) is 4.98 Å². The number of benzene rings is 1. The van der Waals surface area contributed by atoms with Gasteiger partial charge in [0.1, 0.15) is 0 Å². The molecule has 2 aromatic rings. The van der Waals surface area contributed by atoms with Gasteiger partial charge in [0.05, 0.1) is 19.3 Å². The smallest absolute Gasteiger partial charge is 0.251 e. The van der Waals surface area contributed by atoms with Crippen molar-refractivity contribution in [3.8, 4) is 17.0 Å². The number of hydrogen-bond donors (Lipinski definition) is 1. The van der Waals surface area contributed by atoms with Crippen LogP contribution in [0.4, 0.5) is 0 Å². The predicted octanol–water partition coefficient (Wildman–Crippen LogP) is 2.59. The van der Waals surface area contributed by atoms with Crippen molar-refractivity contribution >= 4 is 5.91 Å². The van der Waals surface area contributed by atoms with Crippen LogP contribution in [0.2, 0.25) is 0 Å². The molecule has 3 rings (SSSR count). The van der Waals surface area contributed by atoms with Crippen LogP contribution < -0.4 is 10.1 Å². The third kappa shape index (κ3) is 4.46. The summed E-state index contributed by atoms with van der Waals surface area (Å²) < 4.78 is 10.7.